The van der Waals surface area contributed by atoms with Gasteiger partial charge in [-0.3, -0.25) is 9.59 Å². The molecule has 0 radical (unpaired) electrons. The zero-order valence-electron chi connectivity index (χ0n) is 16.7. The maximum Gasteiger partial charge on any atom is 0.252 e. The molecule has 3 aromatic carbocycles. The van der Waals surface area contributed by atoms with Crippen LogP contribution >= 0.6 is 0 Å². The number of amides is 2. The zero-order valence-corrected chi connectivity index (χ0v) is 16.7. The van der Waals surface area contributed by atoms with Crippen LogP contribution in [0.2, 0.25) is 0 Å². The lowest BCUT2D eigenvalue weighted by Gasteiger charge is -2.21. The molecule has 4 rings (SSSR count). The molecule has 29 heavy (non-hydrogen) atoms. The Balaban J connectivity index is 1.62. The average molecular weight is 384 g/mol. The third kappa shape index (κ3) is 3.92. The van der Waals surface area contributed by atoms with Crippen LogP contribution in [-0.4, -0.2) is 18.4 Å². The summed E-state index contributed by atoms with van der Waals surface area (Å²) in [6.07, 6.45) is 0.774. The summed E-state index contributed by atoms with van der Waals surface area (Å²) in [5.74, 6) is -0.0898. The van der Waals surface area contributed by atoms with Crippen molar-refractivity contribution in [1.29, 1.82) is 0 Å². The highest BCUT2D eigenvalue weighted by atomic mass is 16.2. The van der Waals surface area contributed by atoms with Crippen LogP contribution in [0.25, 0.3) is 0 Å². The number of hydrogen-bond donors (Lipinski definition) is 1. The van der Waals surface area contributed by atoms with Crippen molar-refractivity contribution in [2.75, 3.05) is 11.4 Å². The Labute approximate surface area is 171 Å². The number of benzene rings is 3. The lowest BCUT2D eigenvalue weighted by molar-refractivity contribution is -0.116. The predicted molar refractivity (Wildman–Crippen MR) is 115 cm³/mol. The molecule has 0 saturated heterocycles. The van der Waals surface area contributed by atoms with Gasteiger partial charge in [0, 0.05) is 24.7 Å². The second-order valence-corrected chi connectivity index (χ2v) is 7.49. The fourth-order valence-electron chi connectivity index (χ4n) is 3.85. The van der Waals surface area contributed by atoms with Crippen molar-refractivity contribution in [2.24, 2.45) is 0 Å². The van der Waals surface area contributed by atoms with Gasteiger partial charge in [-0.2, -0.15) is 0 Å². The lowest BCUT2D eigenvalue weighted by Crippen LogP contribution is -2.29. The highest BCUT2D eigenvalue weighted by Crippen LogP contribution is 2.29. The van der Waals surface area contributed by atoms with Gasteiger partial charge in [-0.1, -0.05) is 60.2 Å². The van der Waals surface area contributed by atoms with Gasteiger partial charge in [0.2, 0.25) is 5.91 Å². The molecular formula is C25H24N2O2. The molecule has 1 aliphatic heterocycles. The van der Waals surface area contributed by atoms with Crippen molar-refractivity contribution >= 4 is 17.5 Å². The number of carbonyl (C=O) groups excluding carboxylic acids is 2. The maximum atomic E-state index is 13.1. The van der Waals surface area contributed by atoms with E-state index in [0.29, 0.717) is 12.1 Å². The van der Waals surface area contributed by atoms with Crippen molar-refractivity contribution in [3.8, 4) is 0 Å². The minimum atomic E-state index is -0.230. The monoisotopic (exact) mass is 384 g/mol. The highest BCUT2D eigenvalue weighted by molar-refractivity contribution is 5.98. The van der Waals surface area contributed by atoms with Crippen LogP contribution in [0.4, 0.5) is 5.69 Å². The van der Waals surface area contributed by atoms with E-state index in [1.54, 1.807) is 17.9 Å². The largest absolute Gasteiger partial charge is 0.341 e. The Morgan fingerprint density at radius 2 is 1.62 bits per heavy atom. The number of aryl methyl sites for hydroxylation is 1. The van der Waals surface area contributed by atoms with E-state index in [-0.39, 0.29) is 17.9 Å². The molecule has 4 nitrogen and oxygen atoms in total. The van der Waals surface area contributed by atoms with Crippen molar-refractivity contribution < 1.29 is 9.59 Å². The highest BCUT2D eigenvalue weighted by Gasteiger charge is 2.24. The Morgan fingerprint density at radius 3 is 2.31 bits per heavy atom. The van der Waals surface area contributed by atoms with Crippen molar-refractivity contribution in [3.05, 3.63) is 101 Å². The van der Waals surface area contributed by atoms with Gasteiger partial charge in [-0.15, -0.1) is 0 Å². The molecule has 0 spiro atoms. The van der Waals surface area contributed by atoms with Gasteiger partial charge in [0.15, 0.2) is 0 Å². The van der Waals surface area contributed by atoms with Gasteiger partial charge in [0.1, 0.15) is 0 Å². The van der Waals surface area contributed by atoms with Crippen LogP contribution in [0.1, 0.15) is 45.6 Å². The van der Waals surface area contributed by atoms with Crippen LogP contribution in [0.15, 0.2) is 72.8 Å². The molecule has 1 atom stereocenters. The van der Waals surface area contributed by atoms with Crippen LogP contribution in [0.3, 0.4) is 0 Å². The quantitative estimate of drug-likeness (QED) is 0.724. The predicted octanol–water partition coefficient (Wildman–Crippen LogP) is 4.42. The number of anilines is 1. The standard InChI is InChI=1S/C25H24N2O2/c1-17-8-10-20(11-9-17)24(19-6-4-3-5-7-19)26-25(29)22-12-13-23-21(16-22)14-15-27(23)18(2)28/h3-13,16,24H,14-15H2,1-2H3,(H,26,29). The van der Waals surface area contributed by atoms with Gasteiger partial charge in [-0.25, -0.2) is 0 Å². The third-order valence-corrected chi connectivity index (χ3v) is 5.44. The minimum Gasteiger partial charge on any atom is -0.341 e. The fraction of sp³-hybridized carbons (Fsp3) is 0.200. The minimum absolute atomic E-state index is 0.0319. The summed E-state index contributed by atoms with van der Waals surface area (Å²) in [4.78, 5) is 26.6. The first-order chi connectivity index (χ1) is 14.0. The number of carbonyl (C=O) groups is 2. The van der Waals surface area contributed by atoms with Crippen molar-refractivity contribution in [3.63, 3.8) is 0 Å². The smallest absolute Gasteiger partial charge is 0.252 e. The topological polar surface area (TPSA) is 49.4 Å². The normalized spacial score (nSPS) is 13.7. The zero-order chi connectivity index (χ0) is 20.4. The number of hydrogen-bond acceptors (Lipinski definition) is 2. The first-order valence-corrected chi connectivity index (χ1v) is 9.86. The summed E-state index contributed by atoms with van der Waals surface area (Å²) < 4.78 is 0. The van der Waals surface area contributed by atoms with E-state index in [2.05, 4.69) is 36.5 Å². The van der Waals surface area contributed by atoms with E-state index in [1.165, 1.54) is 5.56 Å². The average Bonchev–Trinajstić information content (AvgIpc) is 3.17. The summed E-state index contributed by atoms with van der Waals surface area (Å²) in [5, 5.41) is 3.19. The van der Waals surface area contributed by atoms with Crippen molar-refractivity contribution in [2.45, 2.75) is 26.3 Å². The summed E-state index contributed by atoms with van der Waals surface area (Å²) >= 11 is 0. The molecule has 0 bridgehead atoms. The van der Waals surface area contributed by atoms with Gasteiger partial charge in [0.05, 0.1) is 6.04 Å². The number of fused-ring (bicyclic) bond motifs is 1. The molecule has 1 heterocycles. The summed E-state index contributed by atoms with van der Waals surface area (Å²) in [6.45, 7) is 4.29. The molecule has 1 N–H and O–H groups in total. The summed E-state index contributed by atoms with van der Waals surface area (Å²) in [7, 11) is 0. The van der Waals surface area contributed by atoms with Gasteiger partial charge in [0.25, 0.3) is 5.91 Å². The molecule has 1 aliphatic rings. The molecular weight excluding hydrogens is 360 g/mol. The number of nitrogens with one attached hydrogen (secondary N) is 1. The van der Waals surface area contributed by atoms with Gasteiger partial charge < -0.3 is 10.2 Å². The molecule has 2 amide bonds. The molecule has 146 valence electrons. The van der Waals surface area contributed by atoms with E-state index >= 15 is 0 Å². The molecule has 0 aliphatic carbocycles. The van der Waals surface area contributed by atoms with Crippen LogP contribution < -0.4 is 10.2 Å². The first-order valence-electron chi connectivity index (χ1n) is 9.86. The van der Waals surface area contributed by atoms with Gasteiger partial charge >= 0.3 is 0 Å². The molecule has 0 aromatic heterocycles. The van der Waals surface area contributed by atoms with E-state index in [1.807, 2.05) is 42.5 Å². The second kappa shape index (κ2) is 7.92. The Bertz CT molecular complexity index is 1040. The van der Waals surface area contributed by atoms with Gasteiger partial charge in [-0.05, 0) is 48.2 Å². The molecule has 0 fully saturated rings. The van der Waals surface area contributed by atoms with E-state index in [9.17, 15) is 9.59 Å². The van der Waals surface area contributed by atoms with E-state index in [4.69, 9.17) is 0 Å². The van der Waals surface area contributed by atoms with Crippen LogP contribution in [0, 0.1) is 6.92 Å². The van der Waals surface area contributed by atoms with E-state index in [0.717, 1.165) is 28.8 Å². The molecule has 0 saturated carbocycles. The van der Waals surface area contributed by atoms with Crippen LogP contribution in [-0.2, 0) is 11.2 Å². The van der Waals surface area contributed by atoms with E-state index < -0.39 is 0 Å². The Kier molecular flexibility index (Phi) is 5.17. The SMILES string of the molecule is CC(=O)N1CCc2cc(C(=O)NC(c3ccccc3)c3ccc(C)cc3)ccc21. The number of rotatable bonds is 4. The summed E-state index contributed by atoms with van der Waals surface area (Å²) in [6, 6.07) is 23.6. The summed E-state index contributed by atoms with van der Waals surface area (Å²) in [5.41, 5.74) is 5.82. The second-order valence-electron chi connectivity index (χ2n) is 7.49. The Morgan fingerprint density at radius 1 is 0.931 bits per heavy atom. The third-order valence-electron chi connectivity index (χ3n) is 5.44. The molecule has 3 aromatic rings. The fourth-order valence-corrected chi connectivity index (χ4v) is 3.85. The first kappa shape index (κ1) is 18.9. The maximum absolute atomic E-state index is 13.1. The van der Waals surface area contributed by atoms with Crippen molar-refractivity contribution in [1.82, 2.24) is 5.32 Å². The molecule has 4 heteroatoms. The molecule has 1 unspecified atom stereocenters. The van der Waals surface area contributed by atoms with Crippen LogP contribution in [0.5, 0.6) is 0 Å². The Hall–Kier alpha value is -3.40. The lowest BCUT2D eigenvalue weighted by atomic mass is 9.97. The number of nitrogens with zero attached hydrogens (tertiary/aromatic N) is 1.